The Labute approximate surface area is 299 Å². The smallest absolute Gasteiger partial charge is 0.460 e. The van der Waals surface area contributed by atoms with Crippen molar-refractivity contribution in [1.82, 2.24) is 10.6 Å². The van der Waals surface area contributed by atoms with Gasteiger partial charge >= 0.3 is 59.7 Å². The van der Waals surface area contributed by atoms with Crippen LogP contribution in [0.2, 0.25) is 25.2 Å². The minimum atomic E-state index is -8.68. The first-order valence-corrected chi connectivity index (χ1v) is 19.2. The summed E-state index contributed by atoms with van der Waals surface area (Å²) in [5.41, 5.74) is -0.911. The molecule has 0 spiro atoms. The Hall–Kier alpha value is -2.76. The predicted octanol–water partition coefficient (Wildman–Crippen LogP) is 9.47. The van der Waals surface area contributed by atoms with Crippen LogP contribution in [0.5, 0.6) is 0 Å². The number of nitrogens with one attached hydrogen (secondary N) is 2. The number of amides is 2. The number of carbonyl (C=O) groups excluding carboxylic acids is 3. The zero-order valence-electron chi connectivity index (χ0n) is 29.9. The number of alkyl carbamates (subject to hydrolysis) is 1. The summed E-state index contributed by atoms with van der Waals surface area (Å²) in [6.07, 6.45) is -12.2. The molecule has 0 unspecified atom stereocenters. The number of carbonyl (C=O) groups is 3. The number of halogens is 17. The second kappa shape index (κ2) is 16.8. The molecule has 0 aromatic rings. The molecule has 0 fully saturated rings. The lowest BCUT2D eigenvalue weighted by Gasteiger charge is -2.42. The van der Waals surface area contributed by atoms with E-state index in [4.69, 9.17) is 9.47 Å². The maximum absolute atomic E-state index is 14.3. The van der Waals surface area contributed by atoms with Gasteiger partial charge in [-0.3, -0.25) is 4.79 Å². The third kappa shape index (κ3) is 11.0. The molecule has 0 heterocycles. The second-order valence-electron chi connectivity index (χ2n) is 14.3. The van der Waals surface area contributed by atoms with E-state index >= 15 is 0 Å². The molecule has 0 saturated heterocycles. The molecule has 2 amide bonds. The van der Waals surface area contributed by atoms with Crippen molar-refractivity contribution in [1.29, 1.82) is 0 Å². The van der Waals surface area contributed by atoms with Gasteiger partial charge in [0.1, 0.15) is 17.7 Å². The Kier molecular flexibility index (Phi) is 15.9. The van der Waals surface area contributed by atoms with E-state index in [1.807, 2.05) is 0 Å². The van der Waals surface area contributed by atoms with Gasteiger partial charge in [0, 0.05) is 6.42 Å². The van der Waals surface area contributed by atoms with Crippen LogP contribution in [0.15, 0.2) is 0 Å². The van der Waals surface area contributed by atoms with Gasteiger partial charge in [-0.25, -0.2) is 9.59 Å². The van der Waals surface area contributed by atoms with E-state index in [0.717, 1.165) is 0 Å². The number of hydrogen-bond acceptors (Lipinski definition) is 5. The van der Waals surface area contributed by atoms with Crippen LogP contribution < -0.4 is 10.6 Å². The van der Waals surface area contributed by atoms with Gasteiger partial charge in [-0.05, 0) is 46.1 Å². The Morgan fingerprint density at radius 3 is 1.48 bits per heavy atom. The van der Waals surface area contributed by atoms with Gasteiger partial charge in [0.25, 0.3) is 0 Å². The lowest BCUT2D eigenvalue weighted by Crippen LogP contribution is -2.74. The van der Waals surface area contributed by atoms with Gasteiger partial charge in [0.2, 0.25) is 5.91 Å². The summed E-state index contributed by atoms with van der Waals surface area (Å²) in [7, 11) is -3.00. The predicted molar refractivity (Wildman–Crippen MR) is 158 cm³/mol. The van der Waals surface area contributed by atoms with E-state index in [1.54, 1.807) is 34.6 Å². The molecule has 0 aliphatic rings. The van der Waals surface area contributed by atoms with Crippen LogP contribution in [0.3, 0.4) is 0 Å². The van der Waals surface area contributed by atoms with Gasteiger partial charge in [-0.15, -0.1) is 0 Å². The number of alkyl halides is 17. The summed E-state index contributed by atoms with van der Waals surface area (Å²) in [5.74, 6) is -58.9. The summed E-state index contributed by atoms with van der Waals surface area (Å²) in [5, 5.41) is 4.69. The average molecular weight is 849 g/mol. The van der Waals surface area contributed by atoms with Crippen molar-refractivity contribution in [2.75, 3.05) is 6.61 Å². The number of esters is 1. The second-order valence-corrected chi connectivity index (χ2v) is 19.7. The van der Waals surface area contributed by atoms with Gasteiger partial charge < -0.3 is 20.1 Å². The van der Waals surface area contributed by atoms with Crippen molar-refractivity contribution in [2.45, 2.75) is 151 Å². The molecule has 320 valence electrons. The Morgan fingerprint density at radius 1 is 0.648 bits per heavy atom. The number of rotatable bonds is 19. The van der Waals surface area contributed by atoms with Crippen molar-refractivity contribution < 1.29 is 98.5 Å². The Balaban J connectivity index is 5.61. The topological polar surface area (TPSA) is 93.7 Å². The first-order chi connectivity index (χ1) is 23.6. The normalized spacial score (nSPS) is 16.3. The standard InChI is InChI=1S/C29H41F17N2O5Si/c1-9-15(2)17(48-20(51)53-21(4,5)6)18(49)47-16(3)19(50)52-12-14-54(7,8)13-10-11-22(30,31)23(32,33)24(34,35)25(36,37)26(38,39)27(40,41)28(42,43)29(44,45)46/h15-17H,9-14H2,1-8H3,(H,47,49)(H,48,51)/t15-,16-,17-/m0/s1. The van der Waals surface area contributed by atoms with E-state index in [2.05, 4.69) is 10.6 Å². The molecule has 25 heteroatoms. The summed E-state index contributed by atoms with van der Waals surface area (Å²) < 4.78 is 240. The van der Waals surface area contributed by atoms with Crippen LogP contribution in [0.1, 0.15) is 60.8 Å². The first-order valence-electron chi connectivity index (χ1n) is 15.8. The highest BCUT2D eigenvalue weighted by Crippen LogP contribution is 2.64. The fraction of sp³-hybridized carbons (Fsp3) is 0.897. The molecule has 3 atom stereocenters. The van der Waals surface area contributed by atoms with Crippen LogP contribution in [0, 0.1) is 5.92 Å². The maximum Gasteiger partial charge on any atom is 0.460 e. The van der Waals surface area contributed by atoms with Crippen molar-refractivity contribution in [3.05, 3.63) is 0 Å². The van der Waals surface area contributed by atoms with Crippen molar-refractivity contribution in [3.8, 4) is 0 Å². The van der Waals surface area contributed by atoms with Crippen LogP contribution in [0.25, 0.3) is 0 Å². The molecular formula is C29H41F17N2O5Si. The van der Waals surface area contributed by atoms with Gasteiger partial charge in [-0.2, -0.15) is 74.6 Å². The molecule has 0 aliphatic carbocycles. The summed E-state index contributed by atoms with van der Waals surface area (Å²) in [4.78, 5) is 37.5. The third-order valence-electron chi connectivity index (χ3n) is 8.03. The first kappa shape index (κ1) is 51.2. The zero-order chi connectivity index (χ0) is 43.5. The molecule has 0 aliphatic heterocycles. The lowest BCUT2D eigenvalue weighted by atomic mass is 9.88. The van der Waals surface area contributed by atoms with Gasteiger partial charge in [0.05, 0.1) is 14.7 Å². The monoisotopic (exact) mass is 848 g/mol. The third-order valence-corrected chi connectivity index (χ3v) is 11.3. The lowest BCUT2D eigenvalue weighted by molar-refractivity contribution is -0.461. The number of ether oxygens (including phenoxy) is 2. The van der Waals surface area contributed by atoms with E-state index in [0.29, 0.717) is 6.42 Å². The zero-order valence-corrected chi connectivity index (χ0v) is 30.9. The highest BCUT2D eigenvalue weighted by molar-refractivity contribution is 6.77. The molecule has 2 N–H and O–H groups in total. The van der Waals surface area contributed by atoms with Crippen molar-refractivity contribution >= 4 is 26.0 Å². The minimum absolute atomic E-state index is 0.181. The highest BCUT2D eigenvalue weighted by atomic mass is 28.3. The average Bonchev–Trinajstić information content (AvgIpc) is 2.96. The summed E-state index contributed by atoms with van der Waals surface area (Å²) in [6, 6.07) is -3.27. The molecular weight excluding hydrogens is 807 g/mol. The van der Waals surface area contributed by atoms with E-state index < -0.39 is 123 Å². The van der Waals surface area contributed by atoms with Crippen LogP contribution >= 0.6 is 0 Å². The maximum atomic E-state index is 14.3. The molecule has 0 aromatic heterocycles. The molecule has 0 radical (unpaired) electrons. The van der Waals surface area contributed by atoms with Gasteiger partial charge in [-0.1, -0.05) is 39.4 Å². The van der Waals surface area contributed by atoms with Crippen molar-refractivity contribution in [3.63, 3.8) is 0 Å². The van der Waals surface area contributed by atoms with E-state index in [9.17, 15) is 89.0 Å². The molecule has 7 nitrogen and oxygen atoms in total. The summed E-state index contributed by atoms with van der Waals surface area (Å²) >= 11 is 0. The van der Waals surface area contributed by atoms with Gasteiger partial charge in [0.15, 0.2) is 0 Å². The molecule has 0 aromatic carbocycles. The molecule has 0 bridgehead atoms. The Morgan fingerprint density at radius 2 is 1.07 bits per heavy atom. The Bertz CT molecular complexity index is 1300. The largest absolute Gasteiger partial charge is 0.464 e. The van der Waals surface area contributed by atoms with Crippen LogP contribution in [-0.4, -0.2) is 98.0 Å². The fourth-order valence-corrected chi connectivity index (χ4v) is 6.36. The fourth-order valence-electron chi connectivity index (χ4n) is 4.32. The molecule has 54 heavy (non-hydrogen) atoms. The minimum Gasteiger partial charge on any atom is -0.464 e. The van der Waals surface area contributed by atoms with Crippen molar-refractivity contribution in [2.24, 2.45) is 5.92 Å². The SMILES string of the molecule is CC[C@H](C)[C@H](NC(=O)OC(C)(C)C)C(=O)N[C@@H](C)C(=O)OCC[Si](C)(C)CCCC(F)(F)C(F)(F)C(F)(F)C(F)(F)C(F)(F)C(F)(F)C(F)(F)C(F)(F)F. The molecule has 0 saturated carbocycles. The van der Waals surface area contributed by atoms with E-state index in [-0.39, 0.29) is 6.04 Å². The molecule has 0 rings (SSSR count). The van der Waals surface area contributed by atoms with Crippen LogP contribution in [0.4, 0.5) is 79.4 Å². The van der Waals surface area contributed by atoms with E-state index in [1.165, 1.54) is 20.0 Å². The van der Waals surface area contributed by atoms with Crippen LogP contribution in [-0.2, 0) is 19.1 Å². The summed E-state index contributed by atoms with van der Waals surface area (Å²) in [6.45, 7) is 11.4. The number of hydrogen-bond donors (Lipinski definition) is 2. The quantitative estimate of drug-likeness (QED) is 0.0768. The highest BCUT2D eigenvalue weighted by Gasteiger charge is 2.95.